The number of imidazole rings is 1. The zero-order valence-electron chi connectivity index (χ0n) is 14.9. The number of H-pyrrole nitrogens is 1. The fourth-order valence-corrected chi connectivity index (χ4v) is 4.08. The van der Waals surface area contributed by atoms with E-state index in [-0.39, 0.29) is 23.9 Å². The van der Waals surface area contributed by atoms with E-state index in [1.807, 2.05) is 4.90 Å². The number of nitrogens with zero attached hydrogens (tertiary/aromatic N) is 2. The van der Waals surface area contributed by atoms with Gasteiger partial charge in [0.15, 0.2) is 0 Å². The van der Waals surface area contributed by atoms with E-state index in [2.05, 4.69) is 20.6 Å². The van der Waals surface area contributed by atoms with Crippen LogP contribution < -0.4 is 10.6 Å². The summed E-state index contributed by atoms with van der Waals surface area (Å²) in [4.78, 5) is 34.2. The predicted molar refractivity (Wildman–Crippen MR) is 102 cm³/mol. The fraction of sp³-hybridized carbons (Fsp3) is 0.421. The van der Waals surface area contributed by atoms with Gasteiger partial charge in [-0.05, 0) is 37.1 Å². The Labute approximate surface area is 162 Å². The van der Waals surface area contributed by atoms with E-state index in [0.29, 0.717) is 23.7 Å². The van der Waals surface area contributed by atoms with Crippen molar-refractivity contribution in [3.8, 4) is 0 Å². The molecule has 0 saturated carbocycles. The molecule has 0 bridgehead atoms. The minimum absolute atomic E-state index is 0.00442. The van der Waals surface area contributed by atoms with Crippen molar-refractivity contribution in [2.45, 2.75) is 24.8 Å². The Morgan fingerprint density at radius 1 is 1.22 bits per heavy atom. The molecule has 2 amide bonds. The number of carbonyl (C=O) groups is 2. The third-order valence-corrected chi connectivity index (χ3v) is 5.74. The molecule has 2 aliphatic rings. The van der Waals surface area contributed by atoms with Gasteiger partial charge in [-0.1, -0.05) is 11.6 Å². The van der Waals surface area contributed by atoms with Crippen molar-refractivity contribution >= 4 is 23.4 Å². The van der Waals surface area contributed by atoms with Crippen LogP contribution in [0.25, 0.3) is 0 Å². The van der Waals surface area contributed by atoms with Gasteiger partial charge in [-0.25, -0.2) is 4.98 Å². The van der Waals surface area contributed by atoms with Crippen LogP contribution >= 0.6 is 11.6 Å². The maximum atomic E-state index is 12.5. The molecule has 2 aliphatic heterocycles. The number of fused-ring (bicyclic) bond motifs is 2. The SMILES string of the molecule is O=C(NCC(=O)N1CCC2(CC1)NCCc1[nH]cnc12)c1ccc(Cl)cc1. The molecule has 1 aromatic heterocycles. The number of piperidine rings is 1. The van der Waals surface area contributed by atoms with Crippen molar-refractivity contribution < 1.29 is 9.59 Å². The lowest BCUT2D eigenvalue weighted by Crippen LogP contribution is -2.56. The second-order valence-corrected chi connectivity index (χ2v) is 7.50. The van der Waals surface area contributed by atoms with Crippen molar-refractivity contribution in [1.29, 1.82) is 0 Å². The maximum absolute atomic E-state index is 12.5. The molecule has 1 aromatic carbocycles. The van der Waals surface area contributed by atoms with Gasteiger partial charge in [0.25, 0.3) is 5.91 Å². The smallest absolute Gasteiger partial charge is 0.251 e. The largest absolute Gasteiger partial charge is 0.348 e. The van der Waals surface area contributed by atoms with Crippen LogP contribution in [-0.2, 0) is 16.8 Å². The van der Waals surface area contributed by atoms with Gasteiger partial charge in [0, 0.05) is 42.3 Å². The lowest BCUT2D eigenvalue weighted by molar-refractivity contribution is -0.132. The van der Waals surface area contributed by atoms with Crippen LogP contribution in [0.2, 0.25) is 5.02 Å². The van der Waals surface area contributed by atoms with E-state index < -0.39 is 0 Å². The Hall–Kier alpha value is -2.38. The fourth-order valence-electron chi connectivity index (χ4n) is 3.96. The molecule has 3 N–H and O–H groups in total. The quantitative estimate of drug-likeness (QED) is 0.743. The molecule has 0 atom stereocenters. The molecule has 2 aromatic rings. The summed E-state index contributed by atoms with van der Waals surface area (Å²) < 4.78 is 0. The van der Waals surface area contributed by atoms with E-state index in [1.54, 1.807) is 30.6 Å². The first-order chi connectivity index (χ1) is 13.1. The van der Waals surface area contributed by atoms with Crippen LogP contribution in [0.5, 0.6) is 0 Å². The van der Waals surface area contributed by atoms with Gasteiger partial charge < -0.3 is 20.5 Å². The molecule has 27 heavy (non-hydrogen) atoms. The second kappa shape index (κ2) is 7.32. The minimum atomic E-state index is -0.274. The number of carbonyl (C=O) groups excluding carboxylic acids is 2. The average molecular weight is 388 g/mol. The van der Waals surface area contributed by atoms with Gasteiger partial charge >= 0.3 is 0 Å². The average Bonchev–Trinajstić information content (AvgIpc) is 3.18. The summed E-state index contributed by atoms with van der Waals surface area (Å²) >= 11 is 5.83. The molecule has 8 heteroatoms. The van der Waals surface area contributed by atoms with Crippen molar-refractivity contribution in [3.63, 3.8) is 0 Å². The molecule has 0 radical (unpaired) electrons. The number of likely N-dealkylation sites (tertiary alicyclic amines) is 1. The lowest BCUT2D eigenvalue weighted by atomic mass is 9.80. The Morgan fingerprint density at radius 3 is 2.70 bits per heavy atom. The highest BCUT2D eigenvalue weighted by molar-refractivity contribution is 6.30. The van der Waals surface area contributed by atoms with Crippen molar-refractivity contribution in [2.75, 3.05) is 26.2 Å². The molecular weight excluding hydrogens is 366 g/mol. The van der Waals surface area contributed by atoms with Crippen molar-refractivity contribution in [2.24, 2.45) is 0 Å². The minimum Gasteiger partial charge on any atom is -0.348 e. The lowest BCUT2D eigenvalue weighted by Gasteiger charge is -2.44. The number of hydrogen-bond acceptors (Lipinski definition) is 4. The topological polar surface area (TPSA) is 90.1 Å². The van der Waals surface area contributed by atoms with E-state index in [4.69, 9.17) is 11.6 Å². The van der Waals surface area contributed by atoms with E-state index in [9.17, 15) is 9.59 Å². The first-order valence-electron chi connectivity index (χ1n) is 9.17. The Balaban J connectivity index is 1.32. The van der Waals surface area contributed by atoms with Gasteiger partial charge in [-0.2, -0.15) is 0 Å². The van der Waals surface area contributed by atoms with E-state index in [1.165, 1.54) is 5.69 Å². The number of amides is 2. The third-order valence-electron chi connectivity index (χ3n) is 5.49. The summed E-state index contributed by atoms with van der Waals surface area (Å²) in [6, 6.07) is 6.59. The normalized spacial score (nSPS) is 18.2. The molecule has 3 heterocycles. The number of halogens is 1. The number of nitrogens with one attached hydrogen (secondary N) is 3. The first kappa shape index (κ1) is 18.0. The number of hydrogen-bond donors (Lipinski definition) is 3. The second-order valence-electron chi connectivity index (χ2n) is 7.06. The van der Waals surface area contributed by atoms with Crippen LogP contribution in [0.3, 0.4) is 0 Å². The summed E-state index contributed by atoms with van der Waals surface area (Å²) in [5, 5.41) is 6.87. The third kappa shape index (κ3) is 3.57. The van der Waals surface area contributed by atoms with Crippen LogP contribution in [0.1, 0.15) is 34.6 Å². The summed E-state index contributed by atoms with van der Waals surface area (Å²) in [5.74, 6) is -0.339. The Morgan fingerprint density at radius 2 is 1.96 bits per heavy atom. The summed E-state index contributed by atoms with van der Waals surface area (Å²) in [6.07, 6.45) is 4.35. The van der Waals surface area contributed by atoms with Gasteiger partial charge in [0.2, 0.25) is 5.91 Å². The molecule has 1 spiro atoms. The zero-order chi connectivity index (χ0) is 18.9. The Bertz CT molecular complexity index is 840. The molecule has 142 valence electrons. The monoisotopic (exact) mass is 387 g/mol. The molecule has 1 saturated heterocycles. The summed E-state index contributed by atoms with van der Waals surface area (Å²) in [5.41, 5.74) is 2.64. The van der Waals surface area contributed by atoms with Crippen molar-refractivity contribution in [3.05, 3.63) is 52.6 Å². The van der Waals surface area contributed by atoms with E-state index in [0.717, 1.165) is 31.5 Å². The van der Waals surface area contributed by atoms with Gasteiger partial charge in [-0.3, -0.25) is 9.59 Å². The molecule has 0 unspecified atom stereocenters. The van der Waals surface area contributed by atoms with Crippen LogP contribution in [0.4, 0.5) is 0 Å². The number of aromatic amines is 1. The summed E-state index contributed by atoms with van der Waals surface area (Å²) in [6.45, 7) is 2.21. The molecular formula is C19H22ClN5O2. The van der Waals surface area contributed by atoms with Gasteiger partial charge in [-0.15, -0.1) is 0 Å². The van der Waals surface area contributed by atoms with Crippen LogP contribution in [0.15, 0.2) is 30.6 Å². The highest BCUT2D eigenvalue weighted by Crippen LogP contribution is 2.35. The van der Waals surface area contributed by atoms with Crippen LogP contribution in [0, 0.1) is 0 Å². The maximum Gasteiger partial charge on any atom is 0.251 e. The Kier molecular flexibility index (Phi) is 4.88. The molecule has 1 fully saturated rings. The molecule has 7 nitrogen and oxygen atoms in total. The van der Waals surface area contributed by atoms with Crippen molar-refractivity contribution in [1.82, 2.24) is 25.5 Å². The number of aromatic nitrogens is 2. The highest BCUT2D eigenvalue weighted by Gasteiger charge is 2.41. The van der Waals surface area contributed by atoms with Crippen LogP contribution in [-0.4, -0.2) is 52.9 Å². The zero-order valence-corrected chi connectivity index (χ0v) is 15.7. The number of benzene rings is 1. The molecule has 0 aliphatic carbocycles. The highest BCUT2D eigenvalue weighted by atomic mass is 35.5. The predicted octanol–water partition coefficient (Wildman–Crippen LogP) is 1.46. The number of rotatable bonds is 3. The summed E-state index contributed by atoms with van der Waals surface area (Å²) in [7, 11) is 0. The van der Waals surface area contributed by atoms with Gasteiger partial charge in [0.1, 0.15) is 0 Å². The molecule has 4 rings (SSSR count). The van der Waals surface area contributed by atoms with E-state index >= 15 is 0 Å². The van der Waals surface area contributed by atoms with Gasteiger partial charge in [0.05, 0.1) is 24.1 Å². The first-order valence-corrected chi connectivity index (χ1v) is 9.54. The standard InChI is InChI=1S/C19H22ClN5O2/c20-14-3-1-13(2-4-14)18(27)21-11-16(26)25-9-6-19(7-10-25)17-15(5-8-24-19)22-12-23-17/h1-4,12,24H,5-11H2,(H,21,27)(H,22,23).